The Morgan fingerprint density at radius 2 is 0.837 bits per heavy atom. The van der Waals surface area contributed by atoms with Crippen molar-refractivity contribution in [2.24, 2.45) is 0 Å². The molecule has 0 atom stereocenters. The van der Waals surface area contributed by atoms with Crippen LogP contribution < -0.4 is 0 Å². The van der Waals surface area contributed by atoms with Gasteiger partial charge in [0.05, 0.1) is 11.0 Å². The van der Waals surface area contributed by atoms with Crippen LogP contribution in [-0.2, 0) is 0 Å². The topological polar surface area (TPSA) is 17.8 Å². The quantitative estimate of drug-likeness (QED) is 0.179. The third kappa shape index (κ3) is 4.46. The van der Waals surface area contributed by atoms with Crippen LogP contribution in [0.3, 0.4) is 0 Å². The number of imidazole rings is 1. The predicted molar refractivity (Wildman–Crippen MR) is 207 cm³/mol. The average Bonchev–Trinajstić information content (AvgIpc) is 3.57. The van der Waals surface area contributed by atoms with Crippen molar-refractivity contribution in [2.75, 3.05) is 0 Å². The van der Waals surface area contributed by atoms with Crippen LogP contribution in [0, 0.1) is 0 Å². The smallest absolute Gasteiger partial charge is 0.145 e. The van der Waals surface area contributed by atoms with Crippen molar-refractivity contribution < 1.29 is 0 Å². The first-order valence-corrected chi connectivity index (χ1v) is 16.8. The minimum Gasteiger partial charge on any atom is -0.292 e. The molecule has 0 radical (unpaired) electrons. The van der Waals surface area contributed by atoms with Gasteiger partial charge in [0.2, 0.25) is 0 Å². The Morgan fingerprint density at radius 1 is 0.347 bits per heavy atom. The summed E-state index contributed by atoms with van der Waals surface area (Å²) in [6, 6.07) is 65.6. The first kappa shape index (κ1) is 27.6. The Hall–Kier alpha value is -6.51. The Morgan fingerprint density at radius 3 is 1.45 bits per heavy atom. The van der Waals surface area contributed by atoms with Crippen molar-refractivity contribution in [3.05, 3.63) is 182 Å². The molecule has 0 saturated carbocycles. The highest BCUT2D eigenvalue weighted by atomic mass is 15.1. The zero-order chi connectivity index (χ0) is 32.3. The minimum atomic E-state index is 0.931. The Kier molecular flexibility index (Phi) is 6.22. The van der Waals surface area contributed by atoms with Gasteiger partial charge in [-0.1, -0.05) is 146 Å². The number of fused-ring (bicyclic) bond motifs is 7. The second-order valence-corrected chi connectivity index (χ2v) is 12.8. The zero-order valence-corrected chi connectivity index (χ0v) is 26.7. The number of rotatable bonds is 4. The number of hydrogen-bond donors (Lipinski definition) is 0. The maximum Gasteiger partial charge on any atom is 0.145 e. The molecule has 2 nitrogen and oxygen atoms in total. The zero-order valence-electron chi connectivity index (χ0n) is 26.7. The summed E-state index contributed by atoms with van der Waals surface area (Å²) >= 11 is 0. The summed E-state index contributed by atoms with van der Waals surface area (Å²) in [5.74, 6) is 0.931. The molecule has 0 spiro atoms. The molecule has 2 heteroatoms. The highest BCUT2D eigenvalue weighted by molar-refractivity contribution is 6.15. The summed E-state index contributed by atoms with van der Waals surface area (Å²) in [4.78, 5) is 5.31. The molecule has 0 aliphatic heterocycles. The van der Waals surface area contributed by atoms with Gasteiger partial charge < -0.3 is 0 Å². The normalized spacial score (nSPS) is 11.7. The van der Waals surface area contributed by atoms with Gasteiger partial charge in [-0.2, -0.15) is 0 Å². The molecule has 0 amide bonds. The maximum absolute atomic E-state index is 5.31. The molecule has 0 fully saturated rings. The van der Waals surface area contributed by atoms with Crippen LogP contribution in [0.4, 0.5) is 0 Å². The van der Waals surface area contributed by atoms with Crippen molar-refractivity contribution in [1.29, 1.82) is 0 Å². The predicted octanol–water partition coefficient (Wildman–Crippen LogP) is 12.6. The number of hydrogen-bond acceptors (Lipinski definition) is 1. The van der Waals surface area contributed by atoms with Crippen molar-refractivity contribution in [1.82, 2.24) is 9.55 Å². The van der Waals surface area contributed by atoms with E-state index >= 15 is 0 Å². The minimum absolute atomic E-state index is 0.931. The van der Waals surface area contributed by atoms with Crippen LogP contribution in [0.25, 0.3) is 93.5 Å². The van der Waals surface area contributed by atoms with Gasteiger partial charge in [-0.15, -0.1) is 0 Å². The van der Waals surface area contributed by atoms with E-state index in [9.17, 15) is 0 Å². The Bertz CT molecular complexity index is 2860. The summed E-state index contributed by atoms with van der Waals surface area (Å²) < 4.78 is 2.30. The first-order valence-electron chi connectivity index (χ1n) is 16.8. The van der Waals surface area contributed by atoms with Gasteiger partial charge in [0, 0.05) is 11.3 Å². The molecule has 0 aliphatic rings. The van der Waals surface area contributed by atoms with Gasteiger partial charge in [0.15, 0.2) is 0 Å². The van der Waals surface area contributed by atoms with Gasteiger partial charge in [0.1, 0.15) is 5.82 Å². The maximum atomic E-state index is 5.31. The van der Waals surface area contributed by atoms with Crippen molar-refractivity contribution in [2.45, 2.75) is 0 Å². The summed E-state index contributed by atoms with van der Waals surface area (Å²) in [6.45, 7) is 0. The molecule has 228 valence electrons. The third-order valence-corrected chi connectivity index (χ3v) is 9.97. The fraction of sp³-hybridized carbons (Fsp3) is 0. The van der Waals surface area contributed by atoms with Crippen LogP contribution in [0.15, 0.2) is 182 Å². The molecule has 49 heavy (non-hydrogen) atoms. The second-order valence-electron chi connectivity index (χ2n) is 12.8. The van der Waals surface area contributed by atoms with Crippen LogP contribution in [0.5, 0.6) is 0 Å². The molecule has 0 bridgehead atoms. The molecular weight excluding hydrogens is 593 g/mol. The van der Waals surface area contributed by atoms with E-state index in [1.807, 2.05) is 0 Å². The number of benzene rings is 9. The molecule has 0 saturated heterocycles. The summed E-state index contributed by atoms with van der Waals surface area (Å²) in [5, 5.41) is 10.1. The van der Waals surface area contributed by atoms with E-state index in [4.69, 9.17) is 4.98 Å². The molecule has 10 rings (SSSR count). The molecule has 1 aromatic heterocycles. The van der Waals surface area contributed by atoms with E-state index in [1.54, 1.807) is 0 Å². The van der Waals surface area contributed by atoms with Gasteiger partial charge in [-0.25, -0.2) is 4.98 Å². The van der Waals surface area contributed by atoms with E-state index in [0.717, 1.165) is 33.7 Å². The van der Waals surface area contributed by atoms with Crippen LogP contribution in [0.2, 0.25) is 0 Å². The highest BCUT2D eigenvalue weighted by Gasteiger charge is 2.17. The lowest BCUT2D eigenvalue weighted by Crippen LogP contribution is -1.97. The van der Waals surface area contributed by atoms with E-state index in [-0.39, 0.29) is 0 Å². The molecule has 0 unspecified atom stereocenters. The Balaban J connectivity index is 1.15. The largest absolute Gasteiger partial charge is 0.292 e. The van der Waals surface area contributed by atoms with Gasteiger partial charge in [-0.05, 0) is 102 Å². The van der Waals surface area contributed by atoms with Crippen molar-refractivity contribution in [3.63, 3.8) is 0 Å². The molecule has 10 aromatic rings. The highest BCUT2D eigenvalue weighted by Crippen LogP contribution is 2.39. The van der Waals surface area contributed by atoms with Gasteiger partial charge in [-0.3, -0.25) is 4.57 Å². The van der Waals surface area contributed by atoms with Gasteiger partial charge >= 0.3 is 0 Å². The third-order valence-electron chi connectivity index (χ3n) is 9.97. The lowest BCUT2D eigenvalue weighted by molar-refractivity contribution is 1.10. The van der Waals surface area contributed by atoms with E-state index in [0.29, 0.717) is 0 Å². The molecule has 0 N–H and O–H groups in total. The average molecular weight is 623 g/mol. The SMILES string of the molecule is c1ccc(-c2nc3cc(-c4cc5ccccc5c5ccccc45)ccc3n2-c2ccc(-c3cc4ccccc4c4ccccc34)cc2)cc1. The van der Waals surface area contributed by atoms with E-state index in [1.165, 1.54) is 59.8 Å². The lowest BCUT2D eigenvalue weighted by Gasteiger charge is -2.14. The fourth-order valence-corrected chi connectivity index (χ4v) is 7.67. The standard InChI is InChI=1S/C47H30N2/c1-2-12-32(13-3-1)47-48-45-30-35(44-29-34-15-5-7-17-38(34)40-19-9-11-21-42(40)44)24-27-46(45)49(47)36-25-22-31(23-26-36)43-28-33-14-4-6-16-37(33)39-18-8-10-20-41(39)43/h1-30H. The van der Waals surface area contributed by atoms with E-state index in [2.05, 4.69) is 187 Å². The van der Waals surface area contributed by atoms with E-state index < -0.39 is 0 Å². The summed E-state index contributed by atoms with van der Waals surface area (Å²) in [6.07, 6.45) is 0. The number of nitrogens with zero attached hydrogens (tertiary/aromatic N) is 2. The van der Waals surface area contributed by atoms with Gasteiger partial charge in [0.25, 0.3) is 0 Å². The molecule has 9 aromatic carbocycles. The summed E-state index contributed by atoms with van der Waals surface area (Å²) in [7, 11) is 0. The molecule has 0 aliphatic carbocycles. The monoisotopic (exact) mass is 622 g/mol. The van der Waals surface area contributed by atoms with Crippen LogP contribution in [-0.4, -0.2) is 9.55 Å². The van der Waals surface area contributed by atoms with Crippen LogP contribution in [0.1, 0.15) is 0 Å². The van der Waals surface area contributed by atoms with Crippen molar-refractivity contribution in [3.8, 4) is 39.3 Å². The Labute approximate surface area is 284 Å². The number of aromatic nitrogens is 2. The second kappa shape index (κ2) is 11.0. The molecular formula is C47H30N2. The fourth-order valence-electron chi connectivity index (χ4n) is 7.67. The summed E-state index contributed by atoms with van der Waals surface area (Å²) in [5.41, 5.74) is 9.04. The molecule has 1 heterocycles. The first-order chi connectivity index (χ1) is 24.3. The van der Waals surface area contributed by atoms with Crippen LogP contribution >= 0.6 is 0 Å². The lowest BCUT2D eigenvalue weighted by atomic mass is 9.93. The van der Waals surface area contributed by atoms with Crippen molar-refractivity contribution >= 4 is 54.1 Å².